The molecular weight excluding hydrogens is 284 g/mol. The average molecular weight is 304 g/mol. The third-order valence-corrected chi connectivity index (χ3v) is 4.26. The highest BCUT2D eigenvalue weighted by molar-refractivity contribution is 7.12. The fraction of sp³-hybridized carbons (Fsp3) is 0.312. The van der Waals surface area contributed by atoms with Gasteiger partial charge in [0.15, 0.2) is 0 Å². The van der Waals surface area contributed by atoms with Crippen LogP contribution in [0.25, 0.3) is 0 Å². The van der Waals surface area contributed by atoms with Gasteiger partial charge in [-0.1, -0.05) is 0 Å². The summed E-state index contributed by atoms with van der Waals surface area (Å²) in [6.07, 6.45) is 0. The van der Waals surface area contributed by atoms with Gasteiger partial charge >= 0.3 is 0 Å². The second-order valence-electron chi connectivity index (χ2n) is 4.91. The van der Waals surface area contributed by atoms with E-state index in [1.54, 1.807) is 18.4 Å². The predicted octanol–water partition coefficient (Wildman–Crippen LogP) is 4.20. The van der Waals surface area contributed by atoms with Gasteiger partial charge in [0.05, 0.1) is 18.8 Å². The minimum absolute atomic E-state index is 0.0898. The van der Waals surface area contributed by atoms with Crippen molar-refractivity contribution in [3.63, 3.8) is 0 Å². The van der Waals surface area contributed by atoms with E-state index in [0.29, 0.717) is 0 Å². The van der Waals surface area contributed by atoms with Crippen molar-refractivity contribution in [2.24, 2.45) is 0 Å². The molecule has 4 nitrogen and oxygen atoms in total. The van der Waals surface area contributed by atoms with E-state index in [0.717, 1.165) is 17.1 Å². The van der Waals surface area contributed by atoms with Crippen LogP contribution >= 0.6 is 11.3 Å². The fourth-order valence-electron chi connectivity index (χ4n) is 2.09. The summed E-state index contributed by atoms with van der Waals surface area (Å²) < 4.78 is 5.38. The Morgan fingerprint density at radius 3 is 2.62 bits per heavy atom. The molecule has 0 aliphatic carbocycles. The van der Waals surface area contributed by atoms with Crippen LogP contribution in [0.15, 0.2) is 30.3 Å². The molecule has 2 N–H and O–H groups in total. The number of carbonyl (C=O) groups excluding carboxylic acids is 1. The monoisotopic (exact) mass is 304 g/mol. The third-order valence-electron chi connectivity index (χ3n) is 3.08. The van der Waals surface area contributed by atoms with Gasteiger partial charge in [-0.25, -0.2) is 0 Å². The van der Waals surface area contributed by atoms with E-state index in [2.05, 4.69) is 36.6 Å². The number of rotatable bonds is 5. The number of anilines is 2. The summed E-state index contributed by atoms with van der Waals surface area (Å²) in [4.78, 5) is 13.7. The van der Waals surface area contributed by atoms with Crippen molar-refractivity contribution in [2.75, 3.05) is 17.7 Å². The lowest BCUT2D eigenvalue weighted by Gasteiger charge is -2.17. The van der Waals surface area contributed by atoms with E-state index in [1.807, 2.05) is 18.2 Å². The van der Waals surface area contributed by atoms with Gasteiger partial charge in [-0.15, -0.1) is 11.3 Å². The Morgan fingerprint density at radius 2 is 2.05 bits per heavy atom. The molecule has 0 fully saturated rings. The average Bonchev–Trinajstić information content (AvgIpc) is 2.85. The number of hydrogen-bond acceptors (Lipinski definition) is 4. The molecule has 2 rings (SSSR count). The highest BCUT2D eigenvalue weighted by Gasteiger charge is 2.11. The standard InChI is InChI=1S/C16H20N2O2S/c1-10-5-8-16(21-10)11(2)17-14-9-13(18-12(3)19)6-7-15(14)20-4/h5-9,11,17H,1-4H3,(H,18,19). The first-order valence-corrected chi connectivity index (χ1v) is 7.59. The predicted molar refractivity (Wildman–Crippen MR) is 88.4 cm³/mol. The summed E-state index contributed by atoms with van der Waals surface area (Å²) in [5, 5.41) is 6.22. The van der Waals surface area contributed by atoms with Gasteiger partial charge in [0, 0.05) is 22.4 Å². The molecule has 1 amide bonds. The highest BCUT2D eigenvalue weighted by Crippen LogP contribution is 2.32. The first-order valence-electron chi connectivity index (χ1n) is 6.78. The Kier molecular flexibility index (Phi) is 4.85. The van der Waals surface area contributed by atoms with Gasteiger partial charge in [-0.05, 0) is 44.2 Å². The number of aryl methyl sites for hydroxylation is 1. The Bertz CT molecular complexity index is 637. The smallest absolute Gasteiger partial charge is 0.221 e. The molecule has 5 heteroatoms. The molecule has 1 aromatic heterocycles. The molecule has 0 saturated carbocycles. The number of carbonyl (C=O) groups is 1. The van der Waals surface area contributed by atoms with E-state index >= 15 is 0 Å². The lowest BCUT2D eigenvalue weighted by atomic mass is 10.2. The number of hydrogen-bond donors (Lipinski definition) is 2. The summed E-state index contributed by atoms with van der Waals surface area (Å²) in [6.45, 7) is 5.70. The molecule has 1 atom stereocenters. The van der Waals surface area contributed by atoms with Crippen molar-refractivity contribution >= 4 is 28.6 Å². The van der Waals surface area contributed by atoms with E-state index in [4.69, 9.17) is 4.74 Å². The zero-order chi connectivity index (χ0) is 15.4. The number of methoxy groups -OCH3 is 1. The summed E-state index contributed by atoms with van der Waals surface area (Å²) >= 11 is 1.77. The number of ether oxygens (including phenoxy) is 1. The van der Waals surface area contributed by atoms with Crippen LogP contribution in [0.3, 0.4) is 0 Å². The summed E-state index contributed by atoms with van der Waals surface area (Å²) in [6, 6.07) is 9.97. The van der Waals surface area contributed by atoms with E-state index in [1.165, 1.54) is 16.7 Å². The molecule has 1 aromatic carbocycles. The largest absolute Gasteiger partial charge is 0.495 e. The zero-order valence-corrected chi connectivity index (χ0v) is 13.5. The molecule has 1 unspecified atom stereocenters. The molecule has 112 valence electrons. The van der Waals surface area contributed by atoms with Gasteiger partial charge in [0.25, 0.3) is 0 Å². The molecule has 0 aliphatic heterocycles. The normalized spacial score (nSPS) is 11.8. The lowest BCUT2D eigenvalue weighted by Crippen LogP contribution is -2.09. The van der Waals surface area contributed by atoms with Crippen molar-refractivity contribution < 1.29 is 9.53 Å². The zero-order valence-electron chi connectivity index (χ0n) is 12.7. The van der Waals surface area contributed by atoms with Crippen molar-refractivity contribution in [3.8, 4) is 5.75 Å². The summed E-state index contributed by atoms with van der Waals surface area (Å²) in [5.41, 5.74) is 1.61. The molecule has 2 aromatic rings. The second kappa shape index (κ2) is 6.63. The second-order valence-corrected chi connectivity index (χ2v) is 6.23. The molecular formula is C16H20N2O2S. The molecule has 0 spiro atoms. The number of benzene rings is 1. The minimum Gasteiger partial charge on any atom is -0.495 e. The first-order chi connectivity index (χ1) is 9.99. The van der Waals surface area contributed by atoms with E-state index in [9.17, 15) is 4.79 Å². The molecule has 0 saturated heterocycles. The van der Waals surface area contributed by atoms with Crippen LogP contribution in [0.2, 0.25) is 0 Å². The number of thiophene rings is 1. The van der Waals surface area contributed by atoms with Gasteiger partial charge in [-0.2, -0.15) is 0 Å². The van der Waals surface area contributed by atoms with Crippen LogP contribution in [0, 0.1) is 6.92 Å². The Balaban J connectivity index is 2.22. The molecule has 21 heavy (non-hydrogen) atoms. The van der Waals surface area contributed by atoms with Crippen molar-refractivity contribution in [1.29, 1.82) is 0 Å². The van der Waals surface area contributed by atoms with Crippen LogP contribution in [-0.2, 0) is 4.79 Å². The molecule has 0 aliphatic rings. The van der Waals surface area contributed by atoms with Gasteiger partial charge in [0.2, 0.25) is 5.91 Å². The van der Waals surface area contributed by atoms with Crippen LogP contribution in [-0.4, -0.2) is 13.0 Å². The third kappa shape index (κ3) is 3.98. The maximum atomic E-state index is 11.2. The fourth-order valence-corrected chi connectivity index (χ4v) is 2.97. The van der Waals surface area contributed by atoms with Crippen molar-refractivity contribution in [1.82, 2.24) is 0 Å². The minimum atomic E-state index is -0.0898. The maximum absolute atomic E-state index is 11.2. The SMILES string of the molecule is COc1ccc(NC(C)=O)cc1NC(C)c1ccc(C)s1. The molecule has 0 bridgehead atoms. The maximum Gasteiger partial charge on any atom is 0.221 e. The van der Waals surface area contributed by atoms with Gasteiger partial charge in [0.1, 0.15) is 5.75 Å². The highest BCUT2D eigenvalue weighted by atomic mass is 32.1. The number of nitrogens with one attached hydrogen (secondary N) is 2. The Hall–Kier alpha value is -2.01. The quantitative estimate of drug-likeness (QED) is 0.870. The number of amides is 1. The van der Waals surface area contributed by atoms with E-state index < -0.39 is 0 Å². The van der Waals surface area contributed by atoms with Crippen LogP contribution in [0.1, 0.15) is 29.6 Å². The topological polar surface area (TPSA) is 50.4 Å². The van der Waals surface area contributed by atoms with E-state index in [-0.39, 0.29) is 11.9 Å². The first kappa shape index (κ1) is 15.4. The molecule has 1 heterocycles. The van der Waals surface area contributed by atoms with Crippen molar-refractivity contribution in [2.45, 2.75) is 26.8 Å². The van der Waals surface area contributed by atoms with Crippen LogP contribution in [0.5, 0.6) is 5.75 Å². The molecule has 0 radical (unpaired) electrons. The Labute approximate surface area is 129 Å². The van der Waals surface area contributed by atoms with Crippen LogP contribution in [0.4, 0.5) is 11.4 Å². The van der Waals surface area contributed by atoms with Gasteiger partial charge < -0.3 is 15.4 Å². The van der Waals surface area contributed by atoms with Gasteiger partial charge in [-0.3, -0.25) is 4.79 Å². The summed E-state index contributed by atoms with van der Waals surface area (Å²) in [5.74, 6) is 0.664. The van der Waals surface area contributed by atoms with Crippen molar-refractivity contribution in [3.05, 3.63) is 40.1 Å². The van der Waals surface area contributed by atoms with Crippen LogP contribution < -0.4 is 15.4 Å². The lowest BCUT2D eigenvalue weighted by molar-refractivity contribution is -0.114. The summed E-state index contributed by atoms with van der Waals surface area (Å²) in [7, 11) is 1.64. The Morgan fingerprint density at radius 1 is 1.29 bits per heavy atom.